The summed E-state index contributed by atoms with van der Waals surface area (Å²) in [7, 11) is 0. The fourth-order valence-corrected chi connectivity index (χ4v) is 3.16. The van der Waals surface area contributed by atoms with E-state index in [1.807, 2.05) is 24.3 Å². The lowest BCUT2D eigenvalue weighted by atomic mass is 9.99. The van der Waals surface area contributed by atoms with Gasteiger partial charge in [-0.15, -0.1) is 0 Å². The van der Waals surface area contributed by atoms with Crippen molar-refractivity contribution in [3.8, 4) is 11.5 Å². The van der Waals surface area contributed by atoms with Gasteiger partial charge in [0.15, 0.2) is 0 Å². The topological polar surface area (TPSA) is 43.5 Å². The van der Waals surface area contributed by atoms with E-state index in [0.717, 1.165) is 31.1 Å². The predicted molar refractivity (Wildman–Crippen MR) is 104 cm³/mol. The molecule has 4 heteroatoms. The molecule has 0 spiro atoms. The van der Waals surface area contributed by atoms with Crippen molar-refractivity contribution in [2.24, 2.45) is 0 Å². The van der Waals surface area contributed by atoms with E-state index in [1.165, 1.54) is 22.3 Å². The summed E-state index contributed by atoms with van der Waals surface area (Å²) in [5.41, 5.74) is 5.13. The Morgan fingerprint density at radius 3 is 1.44 bits per heavy atom. The van der Waals surface area contributed by atoms with Crippen LogP contribution in [0, 0.1) is 0 Å². The molecule has 0 amide bonds. The van der Waals surface area contributed by atoms with Crippen molar-refractivity contribution < 1.29 is 18.9 Å². The second-order valence-electron chi connectivity index (χ2n) is 7.14. The summed E-state index contributed by atoms with van der Waals surface area (Å²) in [6.45, 7) is 2.92. The molecule has 0 aromatic heterocycles. The van der Waals surface area contributed by atoms with Gasteiger partial charge in [0.05, 0.1) is 13.2 Å². The summed E-state index contributed by atoms with van der Waals surface area (Å²) in [5.74, 6) is 1.79. The van der Waals surface area contributed by atoms with Crippen LogP contribution in [0.25, 0.3) is 11.1 Å². The second-order valence-corrected chi connectivity index (χ2v) is 7.14. The monoisotopic (exact) mass is 362 g/mol. The Bertz CT molecular complexity index is 783. The quantitative estimate of drug-likeness (QED) is 0.663. The van der Waals surface area contributed by atoms with Crippen molar-refractivity contribution >= 4 is 11.1 Å². The summed E-state index contributed by atoms with van der Waals surface area (Å²) in [6.07, 6.45) is 5.92. The molecule has 5 rings (SSSR count). The van der Waals surface area contributed by atoms with E-state index in [9.17, 15) is 0 Å². The zero-order valence-electron chi connectivity index (χ0n) is 15.1. The third kappa shape index (κ3) is 4.24. The predicted octanol–water partition coefficient (Wildman–Crippen LogP) is 4.11. The Balaban J connectivity index is 1.17. The van der Waals surface area contributed by atoms with Crippen LogP contribution in [-0.4, -0.2) is 38.6 Å². The van der Waals surface area contributed by atoms with Crippen LogP contribution < -0.4 is 9.47 Å². The van der Waals surface area contributed by atoms with Gasteiger partial charge in [-0.1, -0.05) is 36.4 Å². The molecule has 138 valence electrons. The number of epoxide rings is 2. The molecule has 2 aromatic carbocycles. The summed E-state index contributed by atoms with van der Waals surface area (Å²) in [5, 5.41) is 0. The molecule has 2 saturated heterocycles. The number of ether oxygens (including phenoxy) is 4. The minimum atomic E-state index is 0.285. The van der Waals surface area contributed by atoms with E-state index >= 15 is 0 Å². The van der Waals surface area contributed by atoms with Gasteiger partial charge in [-0.25, -0.2) is 0 Å². The van der Waals surface area contributed by atoms with E-state index < -0.39 is 0 Å². The largest absolute Gasteiger partial charge is 0.491 e. The van der Waals surface area contributed by atoms with Crippen LogP contribution >= 0.6 is 0 Å². The molecule has 3 aliphatic rings. The highest BCUT2D eigenvalue weighted by Gasteiger charge is 2.23. The van der Waals surface area contributed by atoms with Crippen molar-refractivity contribution in [1.29, 1.82) is 0 Å². The third-order valence-corrected chi connectivity index (χ3v) is 4.99. The van der Waals surface area contributed by atoms with Crippen molar-refractivity contribution in [2.75, 3.05) is 26.4 Å². The first kappa shape index (κ1) is 16.6. The molecule has 2 fully saturated rings. The lowest BCUT2D eigenvalue weighted by Crippen LogP contribution is -2.03. The maximum Gasteiger partial charge on any atom is 0.119 e. The minimum Gasteiger partial charge on any atom is -0.491 e. The summed E-state index contributed by atoms with van der Waals surface area (Å²) >= 11 is 0. The molecule has 0 N–H and O–H groups in total. The van der Waals surface area contributed by atoms with Crippen molar-refractivity contribution in [2.45, 2.75) is 18.6 Å². The number of hydrogen-bond acceptors (Lipinski definition) is 4. The molecular formula is C23H22O4. The van der Waals surface area contributed by atoms with Crippen LogP contribution in [0.5, 0.6) is 11.5 Å². The standard InChI is InChI=1S/C23H22O4/c1-2-19(17-5-9-21(10-6-17)25-13-23-15-27-23)11-18(1)16-3-7-20(8-4-16)24-12-22-14-26-22/h1-10,22-23H,11-15H2. The van der Waals surface area contributed by atoms with Gasteiger partial charge in [0.1, 0.15) is 36.9 Å². The molecule has 2 aromatic rings. The van der Waals surface area contributed by atoms with Crippen LogP contribution in [0.15, 0.2) is 60.7 Å². The molecule has 2 unspecified atom stereocenters. The van der Waals surface area contributed by atoms with Crippen LogP contribution in [0.1, 0.15) is 17.5 Å². The van der Waals surface area contributed by atoms with Gasteiger partial charge < -0.3 is 18.9 Å². The lowest BCUT2D eigenvalue weighted by Gasteiger charge is -2.09. The molecule has 1 aliphatic carbocycles. The first-order valence-corrected chi connectivity index (χ1v) is 9.43. The molecule has 2 heterocycles. The van der Waals surface area contributed by atoms with E-state index in [1.54, 1.807) is 0 Å². The minimum absolute atomic E-state index is 0.285. The number of benzene rings is 2. The Morgan fingerprint density at radius 2 is 1.07 bits per heavy atom. The molecule has 2 aliphatic heterocycles. The van der Waals surface area contributed by atoms with Crippen molar-refractivity contribution in [3.05, 3.63) is 71.8 Å². The maximum absolute atomic E-state index is 5.71. The van der Waals surface area contributed by atoms with E-state index in [2.05, 4.69) is 36.4 Å². The van der Waals surface area contributed by atoms with Crippen LogP contribution in [0.4, 0.5) is 0 Å². The first-order chi connectivity index (χ1) is 13.3. The first-order valence-electron chi connectivity index (χ1n) is 9.43. The third-order valence-electron chi connectivity index (χ3n) is 4.99. The Hall–Kier alpha value is -2.56. The molecule has 0 bridgehead atoms. The Morgan fingerprint density at radius 1 is 0.667 bits per heavy atom. The maximum atomic E-state index is 5.71. The van der Waals surface area contributed by atoms with E-state index in [0.29, 0.717) is 13.2 Å². The highest BCUT2D eigenvalue weighted by atomic mass is 16.6. The van der Waals surface area contributed by atoms with E-state index in [-0.39, 0.29) is 12.2 Å². The molecule has 4 nitrogen and oxygen atoms in total. The molecule has 0 saturated carbocycles. The Kier molecular flexibility index (Phi) is 4.44. The van der Waals surface area contributed by atoms with Crippen molar-refractivity contribution in [3.63, 3.8) is 0 Å². The smallest absolute Gasteiger partial charge is 0.119 e. The lowest BCUT2D eigenvalue weighted by molar-refractivity contribution is 0.263. The summed E-state index contributed by atoms with van der Waals surface area (Å²) in [4.78, 5) is 0. The van der Waals surface area contributed by atoms with Gasteiger partial charge >= 0.3 is 0 Å². The second kappa shape index (κ2) is 7.22. The van der Waals surface area contributed by atoms with Gasteiger partial charge in [0.2, 0.25) is 0 Å². The number of allylic oxidation sites excluding steroid dienone is 4. The highest BCUT2D eigenvalue weighted by Crippen LogP contribution is 2.35. The average Bonchev–Trinajstić information content (AvgIpc) is 3.65. The molecule has 2 atom stereocenters. The number of hydrogen-bond donors (Lipinski definition) is 0. The molecule has 0 radical (unpaired) electrons. The SMILES string of the molecule is C1=C(c2ccc(OCC3CO3)cc2)CC(c2ccc(OCC3CO3)cc2)=C1. The number of rotatable bonds is 8. The van der Waals surface area contributed by atoms with Gasteiger partial charge in [-0.2, -0.15) is 0 Å². The molecular weight excluding hydrogens is 340 g/mol. The molecule has 27 heavy (non-hydrogen) atoms. The fraction of sp³-hybridized carbons (Fsp3) is 0.304. The van der Waals surface area contributed by atoms with Crippen molar-refractivity contribution in [1.82, 2.24) is 0 Å². The van der Waals surface area contributed by atoms with Gasteiger partial charge in [-0.3, -0.25) is 0 Å². The zero-order chi connectivity index (χ0) is 18.1. The Labute approximate surface area is 159 Å². The van der Waals surface area contributed by atoms with Gasteiger partial charge in [-0.05, 0) is 53.0 Å². The van der Waals surface area contributed by atoms with Crippen LogP contribution in [0.3, 0.4) is 0 Å². The van der Waals surface area contributed by atoms with E-state index in [4.69, 9.17) is 18.9 Å². The highest BCUT2D eigenvalue weighted by molar-refractivity contribution is 5.86. The van der Waals surface area contributed by atoms with Crippen LogP contribution in [-0.2, 0) is 9.47 Å². The average molecular weight is 362 g/mol. The van der Waals surface area contributed by atoms with Crippen LogP contribution in [0.2, 0.25) is 0 Å². The van der Waals surface area contributed by atoms with Gasteiger partial charge in [0.25, 0.3) is 0 Å². The summed E-state index contributed by atoms with van der Waals surface area (Å²) in [6, 6.07) is 16.6. The normalized spacial score (nSPS) is 22.8. The van der Waals surface area contributed by atoms with Gasteiger partial charge in [0, 0.05) is 0 Å². The summed E-state index contributed by atoms with van der Waals surface area (Å²) < 4.78 is 21.8. The fourth-order valence-electron chi connectivity index (χ4n) is 3.16. The zero-order valence-corrected chi connectivity index (χ0v) is 15.1.